The zero-order valence-electron chi connectivity index (χ0n) is 7.63. The van der Waals surface area contributed by atoms with Crippen LogP contribution in [0.5, 0.6) is 0 Å². The molecular formula is C11H6BrNO2. The summed E-state index contributed by atoms with van der Waals surface area (Å²) in [5.74, 6) is 1.76. The highest BCUT2D eigenvalue weighted by Crippen LogP contribution is 2.28. The maximum atomic E-state index is 11.4. The summed E-state index contributed by atoms with van der Waals surface area (Å²) < 4.78 is 0.612. The van der Waals surface area contributed by atoms with E-state index < -0.39 is 0 Å². The molecule has 0 spiro atoms. The Hall–Kier alpha value is -1.60. The third-order valence-corrected chi connectivity index (χ3v) is 3.12. The predicted molar refractivity (Wildman–Crippen MR) is 58.5 cm³/mol. The van der Waals surface area contributed by atoms with Crippen molar-refractivity contribution in [1.82, 2.24) is 5.32 Å². The quantitative estimate of drug-likeness (QED) is 0.617. The number of hydrogen-bond donors (Lipinski definition) is 1. The molecule has 1 aromatic carbocycles. The largest absolute Gasteiger partial charge is 0.288 e. The standard InChI is InChI=1S/C11H6BrNO2/c1-2-3-6-4-5-7-8(9(6)12)11(15)13-10(7)14/h1,4-5H,3H2,(H,13,14,15). The average molecular weight is 264 g/mol. The van der Waals surface area contributed by atoms with E-state index >= 15 is 0 Å². The molecule has 2 rings (SSSR count). The number of rotatable bonds is 1. The average Bonchev–Trinajstić information content (AvgIpc) is 2.47. The lowest BCUT2D eigenvalue weighted by atomic mass is 10.0. The van der Waals surface area contributed by atoms with Gasteiger partial charge in [-0.05, 0) is 27.6 Å². The molecule has 4 heteroatoms. The number of benzene rings is 1. The Morgan fingerprint density at radius 2 is 2.07 bits per heavy atom. The van der Waals surface area contributed by atoms with Crippen molar-refractivity contribution in [2.24, 2.45) is 0 Å². The Bertz CT molecular complexity index is 514. The van der Waals surface area contributed by atoms with Crippen LogP contribution in [0.1, 0.15) is 26.3 Å². The molecule has 0 bridgehead atoms. The maximum absolute atomic E-state index is 11.4. The first-order valence-electron chi connectivity index (χ1n) is 4.25. The molecule has 3 nitrogen and oxygen atoms in total. The van der Waals surface area contributed by atoms with Crippen molar-refractivity contribution in [3.8, 4) is 12.3 Å². The molecular weight excluding hydrogens is 258 g/mol. The second-order valence-corrected chi connectivity index (χ2v) is 3.92. The van der Waals surface area contributed by atoms with Crippen molar-refractivity contribution in [2.45, 2.75) is 6.42 Å². The number of terminal acetylenes is 1. The topological polar surface area (TPSA) is 46.2 Å². The van der Waals surface area contributed by atoms with E-state index in [4.69, 9.17) is 6.42 Å². The van der Waals surface area contributed by atoms with E-state index in [2.05, 4.69) is 27.2 Å². The summed E-state index contributed by atoms with van der Waals surface area (Å²) in [5, 5.41) is 2.23. The monoisotopic (exact) mass is 263 g/mol. The molecule has 0 fully saturated rings. The highest BCUT2D eigenvalue weighted by Gasteiger charge is 2.29. The summed E-state index contributed by atoms with van der Waals surface area (Å²) in [6.45, 7) is 0. The molecule has 1 aliphatic rings. The third-order valence-electron chi connectivity index (χ3n) is 2.21. The lowest BCUT2D eigenvalue weighted by Gasteiger charge is -2.03. The summed E-state index contributed by atoms with van der Waals surface area (Å²) in [5.41, 5.74) is 1.61. The van der Waals surface area contributed by atoms with Crippen LogP contribution in [0, 0.1) is 12.3 Å². The van der Waals surface area contributed by atoms with Gasteiger partial charge in [-0.3, -0.25) is 14.9 Å². The van der Waals surface area contributed by atoms with Gasteiger partial charge in [0.1, 0.15) is 0 Å². The van der Waals surface area contributed by atoms with Gasteiger partial charge in [0, 0.05) is 10.9 Å². The summed E-state index contributed by atoms with van der Waals surface area (Å²) in [6.07, 6.45) is 5.62. The number of amides is 2. The molecule has 1 N–H and O–H groups in total. The predicted octanol–water partition coefficient (Wildman–Crippen LogP) is 1.51. The van der Waals surface area contributed by atoms with E-state index in [0.29, 0.717) is 22.0 Å². The van der Waals surface area contributed by atoms with Gasteiger partial charge in [0.25, 0.3) is 11.8 Å². The van der Waals surface area contributed by atoms with Crippen LogP contribution in [-0.2, 0) is 6.42 Å². The minimum atomic E-state index is -0.374. The van der Waals surface area contributed by atoms with E-state index in [1.807, 2.05) is 0 Å². The highest BCUT2D eigenvalue weighted by molar-refractivity contribution is 9.10. The number of fused-ring (bicyclic) bond motifs is 1. The highest BCUT2D eigenvalue weighted by atomic mass is 79.9. The molecule has 1 aromatic rings. The molecule has 0 aromatic heterocycles. The van der Waals surface area contributed by atoms with Gasteiger partial charge in [0.2, 0.25) is 0 Å². The Balaban J connectivity index is 2.64. The van der Waals surface area contributed by atoms with Gasteiger partial charge in [0.05, 0.1) is 11.1 Å². The number of halogens is 1. The fourth-order valence-electron chi connectivity index (χ4n) is 1.51. The van der Waals surface area contributed by atoms with E-state index in [9.17, 15) is 9.59 Å². The fraction of sp³-hybridized carbons (Fsp3) is 0.0909. The lowest BCUT2D eigenvalue weighted by Crippen LogP contribution is -2.20. The third kappa shape index (κ3) is 1.45. The number of hydrogen-bond acceptors (Lipinski definition) is 2. The molecule has 0 aliphatic carbocycles. The van der Waals surface area contributed by atoms with Crippen LogP contribution in [0.25, 0.3) is 0 Å². The van der Waals surface area contributed by atoms with E-state index in [0.717, 1.165) is 5.56 Å². The second-order valence-electron chi connectivity index (χ2n) is 3.13. The van der Waals surface area contributed by atoms with Gasteiger partial charge in [-0.1, -0.05) is 6.07 Å². The zero-order chi connectivity index (χ0) is 11.0. The number of imide groups is 1. The van der Waals surface area contributed by atoms with Gasteiger partial charge in [-0.2, -0.15) is 0 Å². The van der Waals surface area contributed by atoms with Crippen LogP contribution < -0.4 is 5.32 Å². The fourth-order valence-corrected chi connectivity index (χ4v) is 2.18. The smallest absolute Gasteiger partial charge is 0.260 e. The normalized spacial score (nSPS) is 13.3. The minimum absolute atomic E-state index is 0.358. The van der Waals surface area contributed by atoms with Gasteiger partial charge in [0.15, 0.2) is 0 Å². The summed E-state index contributed by atoms with van der Waals surface area (Å²) >= 11 is 3.29. The Morgan fingerprint density at radius 3 is 2.73 bits per heavy atom. The first-order chi connectivity index (χ1) is 7.15. The second kappa shape index (κ2) is 3.52. The van der Waals surface area contributed by atoms with Crippen LogP contribution in [-0.4, -0.2) is 11.8 Å². The van der Waals surface area contributed by atoms with Crippen LogP contribution in [0.2, 0.25) is 0 Å². The van der Waals surface area contributed by atoms with E-state index in [1.54, 1.807) is 12.1 Å². The van der Waals surface area contributed by atoms with Gasteiger partial charge < -0.3 is 0 Å². The summed E-state index contributed by atoms with van der Waals surface area (Å²) in [7, 11) is 0. The molecule has 0 saturated carbocycles. The molecule has 2 amide bonds. The first kappa shape index (κ1) is 9.94. The number of carbonyl (C=O) groups excluding carboxylic acids is 2. The summed E-state index contributed by atoms with van der Waals surface area (Å²) in [4.78, 5) is 22.7. The number of nitrogens with one attached hydrogen (secondary N) is 1. The maximum Gasteiger partial charge on any atom is 0.260 e. The van der Waals surface area contributed by atoms with Gasteiger partial charge >= 0.3 is 0 Å². The zero-order valence-corrected chi connectivity index (χ0v) is 9.22. The van der Waals surface area contributed by atoms with Crippen LogP contribution in [0.4, 0.5) is 0 Å². The Morgan fingerprint density at radius 1 is 1.33 bits per heavy atom. The molecule has 0 radical (unpaired) electrons. The van der Waals surface area contributed by atoms with Crippen molar-refractivity contribution in [2.75, 3.05) is 0 Å². The van der Waals surface area contributed by atoms with Crippen molar-refractivity contribution < 1.29 is 9.59 Å². The van der Waals surface area contributed by atoms with Gasteiger partial charge in [-0.15, -0.1) is 12.3 Å². The van der Waals surface area contributed by atoms with Gasteiger partial charge in [-0.25, -0.2) is 0 Å². The van der Waals surface area contributed by atoms with E-state index in [1.165, 1.54) is 0 Å². The van der Waals surface area contributed by atoms with Crippen molar-refractivity contribution in [3.05, 3.63) is 33.3 Å². The van der Waals surface area contributed by atoms with Crippen molar-refractivity contribution in [3.63, 3.8) is 0 Å². The molecule has 1 heterocycles. The van der Waals surface area contributed by atoms with Crippen molar-refractivity contribution >= 4 is 27.7 Å². The van der Waals surface area contributed by atoms with Crippen LogP contribution in [0.3, 0.4) is 0 Å². The lowest BCUT2D eigenvalue weighted by molar-refractivity contribution is 0.0879. The SMILES string of the molecule is C#CCc1ccc2c(c1Br)C(=O)NC2=O. The van der Waals surface area contributed by atoms with Crippen LogP contribution in [0.15, 0.2) is 16.6 Å². The molecule has 0 atom stereocenters. The molecule has 0 unspecified atom stereocenters. The molecule has 15 heavy (non-hydrogen) atoms. The Labute approximate surface area is 95.0 Å². The van der Waals surface area contributed by atoms with E-state index in [-0.39, 0.29) is 11.8 Å². The van der Waals surface area contributed by atoms with Crippen LogP contribution >= 0.6 is 15.9 Å². The number of carbonyl (C=O) groups is 2. The molecule has 1 aliphatic heterocycles. The minimum Gasteiger partial charge on any atom is -0.288 e. The first-order valence-corrected chi connectivity index (χ1v) is 5.05. The van der Waals surface area contributed by atoms with Crippen molar-refractivity contribution in [1.29, 1.82) is 0 Å². The molecule has 0 saturated heterocycles. The summed E-state index contributed by atoms with van der Waals surface area (Å²) in [6, 6.07) is 3.37. The molecule has 74 valence electrons. The Kier molecular flexibility index (Phi) is 2.33.